The first-order valence-corrected chi connectivity index (χ1v) is 7.04. The van der Waals surface area contributed by atoms with Crippen LogP contribution in [0.25, 0.3) is 10.8 Å². The minimum Gasteiger partial charge on any atom is -0.398 e. The molecule has 0 amide bonds. The zero-order valence-corrected chi connectivity index (χ0v) is 12.3. The average Bonchev–Trinajstić information content (AvgIpc) is 2.50. The normalized spacial score (nSPS) is 10.8. The summed E-state index contributed by atoms with van der Waals surface area (Å²) < 4.78 is 0. The summed E-state index contributed by atoms with van der Waals surface area (Å²) in [6.45, 7) is 1.86. The van der Waals surface area contributed by atoms with Crippen LogP contribution in [0.2, 0.25) is 5.02 Å². The standard InChI is InChI=1S/C18H14ClNO/c1-11-12(7-4-8-17(11)20)18(21)15-9-10-16(19)14-6-3-2-5-13(14)15/h2-10H,20H2,1H3. The number of hydrogen-bond acceptors (Lipinski definition) is 2. The molecule has 0 fully saturated rings. The van der Waals surface area contributed by atoms with Crippen LogP contribution >= 0.6 is 11.6 Å². The quantitative estimate of drug-likeness (QED) is 0.554. The highest BCUT2D eigenvalue weighted by Gasteiger charge is 2.16. The zero-order valence-electron chi connectivity index (χ0n) is 11.6. The van der Waals surface area contributed by atoms with E-state index in [9.17, 15) is 4.79 Å². The first-order valence-electron chi connectivity index (χ1n) is 6.66. The van der Waals surface area contributed by atoms with E-state index in [0.717, 1.165) is 16.3 Å². The molecule has 0 bridgehead atoms. The van der Waals surface area contributed by atoms with Crippen molar-refractivity contribution in [3.05, 3.63) is 76.3 Å². The largest absolute Gasteiger partial charge is 0.398 e. The highest BCUT2D eigenvalue weighted by molar-refractivity contribution is 6.36. The fourth-order valence-corrected chi connectivity index (χ4v) is 2.73. The second-order valence-corrected chi connectivity index (χ2v) is 5.40. The molecule has 0 aliphatic carbocycles. The number of carbonyl (C=O) groups excluding carboxylic acids is 1. The number of nitrogen functional groups attached to an aromatic ring is 1. The van der Waals surface area contributed by atoms with Gasteiger partial charge in [-0.05, 0) is 36.1 Å². The number of halogens is 1. The molecule has 0 heterocycles. The van der Waals surface area contributed by atoms with Crippen LogP contribution in [0.4, 0.5) is 5.69 Å². The van der Waals surface area contributed by atoms with Gasteiger partial charge in [-0.2, -0.15) is 0 Å². The minimum absolute atomic E-state index is 0.0346. The molecule has 0 radical (unpaired) electrons. The highest BCUT2D eigenvalue weighted by atomic mass is 35.5. The van der Waals surface area contributed by atoms with E-state index < -0.39 is 0 Å². The van der Waals surface area contributed by atoms with Gasteiger partial charge in [0.05, 0.1) is 0 Å². The number of nitrogens with two attached hydrogens (primary N) is 1. The van der Waals surface area contributed by atoms with Crippen molar-refractivity contribution in [3.63, 3.8) is 0 Å². The van der Waals surface area contributed by atoms with E-state index in [2.05, 4.69) is 0 Å². The van der Waals surface area contributed by atoms with E-state index in [1.807, 2.05) is 31.2 Å². The molecule has 0 unspecified atom stereocenters. The van der Waals surface area contributed by atoms with E-state index in [0.29, 0.717) is 21.8 Å². The molecule has 0 spiro atoms. The van der Waals surface area contributed by atoms with Crippen LogP contribution in [-0.2, 0) is 0 Å². The van der Waals surface area contributed by atoms with E-state index in [-0.39, 0.29) is 5.78 Å². The van der Waals surface area contributed by atoms with Crippen LogP contribution in [0.1, 0.15) is 21.5 Å². The van der Waals surface area contributed by atoms with Crippen LogP contribution in [-0.4, -0.2) is 5.78 Å². The van der Waals surface area contributed by atoms with Gasteiger partial charge in [0.25, 0.3) is 0 Å². The van der Waals surface area contributed by atoms with Crippen molar-refractivity contribution in [1.82, 2.24) is 0 Å². The van der Waals surface area contributed by atoms with Crippen LogP contribution < -0.4 is 5.73 Å². The Morgan fingerprint density at radius 2 is 1.62 bits per heavy atom. The Morgan fingerprint density at radius 3 is 2.38 bits per heavy atom. The van der Waals surface area contributed by atoms with Gasteiger partial charge in [-0.3, -0.25) is 4.79 Å². The molecule has 0 aliphatic rings. The van der Waals surface area contributed by atoms with E-state index >= 15 is 0 Å². The van der Waals surface area contributed by atoms with Crippen molar-refractivity contribution in [2.75, 3.05) is 5.73 Å². The van der Waals surface area contributed by atoms with Gasteiger partial charge in [0.15, 0.2) is 5.78 Å². The number of hydrogen-bond donors (Lipinski definition) is 1. The number of anilines is 1. The number of benzene rings is 3. The fourth-order valence-electron chi connectivity index (χ4n) is 2.50. The highest BCUT2D eigenvalue weighted by Crippen LogP contribution is 2.29. The van der Waals surface area contributed by atoms with Crippen LogP contribution in [0.15, 0.2) is 54.6 Å². The third kappa shape index (κ3) is 2.28. The SMILES string of the molecule is Cc1c(N)cccc1C(=O)c1ccc(Cl)c2ccccc12. The summed E-state index contributed by atoms with van der Waals surface area (Å²) in [5.41, 5.74) is 8.60. The van der Waals surface area contributed by atoms with E-state index in [1.165, 1.54) is 0 Å². The first-order chi connectivity index (χ1) is 10.1. The molecule has 0 atom stereocenters. The van der Waals surface area contributed by atoms with Crippen molar-refractivity contribution in [3.8, 4) is 0 Å². The Balaban J connectivity index is 2.23. The Hall–Kier alpha value is -2.32. The Bertz CT molecular complexity index is 855. The summed E-state index contributed by atoms with van der Waals surface area (Å²) in [4.78, 5) is 12.8. The third-order valence-corrected chi connectivity index (χ3v) is 4.07. The van der Waals surface area contributed by atoms with Gasteiger partial charge in [-0.25, -0.2) is 0 Å². The van der Waals surface area contributed by atoms with E-state index in [4.69, 9.17) is 17.3 Å². The maximum absolute atomic E-state index is 12.8. The zero-order chi connectivity index (χ0) is 15.0. The number of rotatable bonds is 2. The van der Waals surface area contributed by atoms with Crippen molar-refractivity contribution in [1.29, 1.82) is 0 Å². The maximum Gasteiger partial charge on any atom is 0.193 e. The van der Waals surface area contributed by atoms with Crippen LogP contribution in [0, 0.1) is 6.92 Å². The lowest BCUT2D eigenvalue weighted by molar-refractivity contribution is 0.104. The van der Waals surface area contributed by atoms with Gasteiger partial charge >= 0.3 is 0 Å². The van der Waals surface area contributed by atoms with Crippen molar-refractivity contribution >= 4 is 33.8 Å². The second-order valence-electron chi connectivity index (χ2n) is 4.99. The van der Waals surface area contributed by atoms with Gasteiger partial charge in [-0.15, -0.1) is 0 Å². The van der Waals surface area contributed by atoms with Gasteiger partial charge < -0.3 is 5.73 Å². The molecule has 3 heteroatoms. The number of carbonyl (C=O) groups is 1. The molecule has 2 N–H and O–H groups in total. The van der Waals surface area contributed by atoms with E-state index in [1.54, 1.807) is 30.3 Å². The smallest absolute Gasteiger partial charge is 0.193 e. The predicted molar refractivity (Wildman–Crippen MR) is 88.0 cm³/mol. The second kappa shape index (κ2) is 5.23. The van der Waals surface area contributed by atoms with Crippen molar-refractivity contribution in [2.45, 2.75) is 6.92 Å². The lowest BCUT2D eigenvalue weighted by Gasteiger charge is -2.10. The molecule has 21 heavy (non-hydrogen) atoms. The minimum atomic E-state index is -0.0346. The molecule has 104 valence electrons. The Kier molecular flexibility index (Phi) is 3.40. The Morgan fingerprint density at radius 1 is 0.905 bits per heavy atom. The lowest BCUT2D eigenvalue weighted by atomic mass is 9.94. The predicted octanol–water partition coefficient (Wildman–Crippen LogP) is 4.61. The maximum atomic E-state index is 12.8. The molecule has 0 aromatic heterocycles. The summed E-state index contributed by atoms with van der Waals surface area (Å²) in [6.07, 6.45) is 0. The lowest BCUT2D eigenvalue weighted by Crippen LogP contribution is -2.06. The summed E-state index contributed by atoms with van der Waals surface area (Å²) in [5.74, 6) is -0.0346. The molecule has 3 rings (SSSR count). The number of fused-ring (bicyclic) bond motifs is 1. The molecule has 3 aromatic carbocycles. The first kappa shape index (κ1) is 13.7. The van der Waals surface area contributed by atoms with Gasteiger partial charge in [-0.1, -0.05) is 48.0 Å². The molecule has 2 nitrogen and oxygen atoms in total. The third-order valence-electron chi connectivity index (χ3n) is 3.74. The van der Waals surface area contributed by atoms with Gasteiger partial charge in [0, 0.05) is 27.2 Å². The molecule has 3 aromatic rings. The summed E-state index contributed by atoms with van der Waals surface area (Å²) in [5, 5.41) is 2.38. The Labute approximate surface area is 128 Å². The molecule has 0 aliphatic heterocycles. The van der Waals surface area contributed by atoms with Crippen molar-refractivity contribution < 1.29 is 4.79 Å². The summed E-state index contributed by atoms with van der Waals surface area (Å²) in [6, 6.07) is 16.6. The molecular weight excluding hydrogens is 282 g/mol. The monoisotopic (exact) mass is 295 g/mol. The van der Waals surface area contributed by atoms with Crippen LogP contribution in [0.3, 0.4) is 0 Å². The van der Waals surface area contributed by atoms with Gasteiger partial charge in [0.2, 0.25) is 0 Å². The van der Waals surface area contributed by atoms with Crippen molar-refractivity contribution in [2.24, 2.45) is 0 Å². The molecular formula is C18H14ClNO. The fraction of sp³-hybridized carbons (Fsp3) is 0.0556. The topological polar surface area (TPSA) is 43.1 Å². The average molecular weight is 296 g/mol. The van der Waals surface area contributed by atoms with Gasteiger partial charge in [0.1, 0.15) is 0 Å². The molecule has 0 saturated carbocycles. The van der Waals surface area contributed by atoms with Crippen LogP contribution in [0.5, 0.6) is 0 Å². The summed E-state index contributed by atoms with van der Waals surface area (Å²) in [7, 11) is 0. The summed E-state index contributed by atoms with van der Waals surface area (Å²) >= 11 is 6.20. The molecule has 0 saturated heterocycles. The number of ketones is 1.